The molecule has 0 fully saturated rings. The van der Waals surface area contributed by atoms with Gasteiger partial charge in [-0.15, -0.1) is 0 Å². The monoisotopic (exact) mass is 337 g/mol. The van der Waals surface area contributed by atoms with Gasteiger partial charge in [0, 0.05) is 11.9 Å². The number of carbonyl (C=O) groups excluding carboxylic acids is 1. The Balaban J connectivity index is 1.70. The second-order valence-electron chi connectivity index (χ2n) is 5.21. The van der Waals surface area contributed by atoms with E-state index in [0.29, 0.717) is 11.4 Å². The predicted octanol–water partition coefficient (Wildman–Crippen LogP) is 3.39. The summed E-state index contributed by atoms with van der Waals surface area (Å²) >= 11 is 0. The first-order valence-electron chi connectivity index (χ1n) is 7.58. The van der Waals surface area contributed by atoms with Crippen LogP contribution >= 0.6 is 0 Å². The number of hydrogen-bond donors (Lipinski definition) is 1. The number of rotatable bonds is 5. The molecule has 1 N–H and O–H groups in total. The molecule has 0 spiro atoms. The van der Waals surface area contributed by atoms with E-state index in [9.17, 15) is 9.18 Å². The van der Waals surface area contributed by atoms with Gasteiger partial charge in [-0.05, 0) is 66.2 Å². The van der Waals surface area contributed by atoms with Crippen molar-refractivity contribution in [2.75, 3.05) is 7.11 Å². The van der Waals surface area contributed by atoms with Crippen molar-refractivity contribution < 1.29 is 13.9 Å². The molecule has 2 aromatic carbocycles. The number of ether oxygens (including phenoxy) is 1. The number of aromatic nitrogens is 1. The Kier molecular flexibility index (Phi) is 4.89. The number of amides is 1. The second-order valence-corrected chi connectivity index (χ2v) is 5.21. The van der Waals surface area contributed by atoms with E-state index >= 15 is 0 Å². The molecule has 6 heteroatoms. The summed E-state index contributed by atoms with van der Waals surface area (Å²) in [5.41, 5.74) is 4.41. The van der Waals surface area contributed by atoms with E-state index < -0.39 is 0 Å². The van der Waals surface area contributed by atoms with Gasteiger partial charge in [0.25, 0.3) is 5.91 Å². The average molecular weight is 337 g/mol. The van der Waals surface area contributed by atoms with Crippen LogP contribution in [-0.4, -0.2) is 23.8 Å². The Bertz CT molecular complexity index is 884. The lowest BCUT2D eigenvalue weighted by atomic mass is 10.2. The molecular weight excluding hydrogens is 321 g/mol. The van der Waals surface area contributed by atoms with Gasteiger partial charge in [0.2, 0.25) is 0 Å². The highest BCUT2D eigenvalue weighted by molar-refractivity contribution is 5.94. The number of benzene rings is 2. The van der Waals surface area contributed by atoms with Crippen molar-refractivity contribution in [3.05, 3.63) is 83.9 Å². The van der Waals surface area contributed by atoms with E-state index in [-0.39, 0.29) is 11.7 Å². The maximum atomic E-state index is 13.0. The van der Waals surface area contributed by atoms with Crippen molar-refractivity contribution in [2.24, 2.45) is 5.10 Å². The third-order valence-electron chi connectivity index (χ3n) is 3.58. The minimum Gasteiger partial charge on any atom is -0.497 e. The van der Waals surface area contributed by atoms with Crippen LogP contribution in [-0.2, 0) is 0 Å². The van der Waals surface area contributed by atoms with Gasteiger partial charge >= 0.3 is 0 Å². The van der Waals surface area contributed by atoms with Crippen molar-refractivity contribution in [3.63, 3.8) is 0 Å². The summed E-state index contributed by atoms with van der Waals surface area (Å²) in [6.45, 7) is 0. The van der Waals surface area contributed by atoms with E-state index in [1.807, 2.05) is 24.3 Å². The Hall–Kier alpha value is -3.41. The molecule has 0 bridgehead atoms. The van der Waals surface area contributed by atoms with Gasteiger partial charge in [-0.2, -0.15) is 5.10 Å². The first-order valence-corrected chi connectivity index (χ1v) is 7.58. The molecule has 0 radical (unpaired) electrons. The van der Waals surface area contributed by atoms with Crippen LogP contribution in [0, 0.1) is 5.82 Å². The van der Waals surface area contributed by atoms with Gasteiger partial charge in [-0.25, -0.2) is 9.82 Å². The fourth-order valence-electron chi connectivity index (χ4n) is 2.31. The van der Waals surface area contributed by atoms with Gasteiger partial charge in [0.15, 0.2) is 0 Å². The molecule has 5 nitrogen and oxygen atoms in total. The molecule has 0 saturated heterocycles. The van der Waals surface area contributed by atoms with Crippen molar-refractivity contribution >= 4 is 12.1 Å². The summed E-state index contributed by atoms with van der Waals surface area (Å²) in [4.78, 5) is 12.3. The van der Waals surface area contributed by atoms with Crippen molar-refractivity contribution in [2.45, 2.75) is 0 Å². The lowest BCUT2D eigenvalue weighted by molar-refractivity contribution is 0.0948. The number of hydrazone groups is 1. The maximum Gasteiger partial charge on any atom is 0.288 e. The molecule has 0 atom stereocenters. The van der Waals surface area contributed by atoms with Crippen LogP contribution < -0.4 is 10.2 Å². The zero-order valence-corrected chi connectivity index (χ0v) is 13.5. The molecule has 126 valence electrons. The molecule has 0 unspecified atom stereocenters. The minimum absolute atomic E-state index is 0.328. The summed E-state index contributed by atoms with van der Waals surface area (Å²) in [7, 11) is 1.60. The fraction of sp³-hybridized carbons (Fsp3) is 0.0526. The van der Waals surface area contributed by atoms with Crippen LogP contribution in [0.25, 0.3) is 5.69 Å². The summed E-state index contributed by atoms with van der Waals surface area (Å²) in [5.74, 6) is 0.0587. The van der Waals surface area contributed by atoms with Crippen molar-refractivity contribution in [3.8, 4) is 11.4 Å². The Morgan fingerprint density at radius 2 is 1.84 bits per heavy atom. The molecule has 0 aliphatic rings. The standard InChI is InChI=1S/C19H16FN3O2/c1-25-17-10-4-14(5-11-17)13-21-22-19(24)18-3-2-12-23(18)16-8-6-15(20)7-9-16/h2-13H,1H3,(H,22,24)/b21-13-. The maximum absolute atomic E-state index is 13.0. The molecule has 3 rings (SSSR count). The van der Waals surface area contributed by atoms with Crippen LogP contribution in [0.4, 0.5) is 4.39 Å². The number of halogens is 1. The van der Waals surface area contributed by atoms with Gasteiger partial charge in [0.1, 0.15) is 17.3 Å². The quantitative estimate of drug-likeness (QED) is 0.573. The first-order chi connectivity index (χ1) is 12.2. The van der Waals surface area contributed by atoms with E-state index in [0.717, 1.165) is 11.3 Å². The second kappa shape index (κ2) is 7.44. The molecule has 0 aliphatic carbocycles. The largest absolute Gasteiger partial charge is 0.497 e. The molecule has 0 saturated carbocycles. The third kappa shape index (κ3) is 3.92. The number of hydrogen-bond acceptors (Lipinski definition) is 3. The van der Waals surface area contributed by atoms with Crippen LogP contribution in [0.2, 0.25) is 0 Å². The fourth-order valence-corrected chi connectivity index (χ4v) is 2.31. The molecule has 0 aliphatic heterocycles. The lowest BCUT2D eigenvalue weighted by Gasteiger charge is -2.08. The van der Waals surface area contributed by atoms with E-state index in [2.05, 4.69) is 10.5 Å². The summed E-state index contributed by atoms with van der Waals surface area (Å²) in [6, 6.07) is 16.6. The smallest absolute Gasteiger partial charge is 0.288 e. The zero-order valence-electron chi connectivity index (χ0n) is 13.5. The topological polar surface area (TPSA) is 55.6 Å². The molecule has 1 aromatic heterocycles. The Morgan fingerprint density at radius 1 is 1.12 bits per heavy atom. The highest BCUT2D eigenvalue weighted by atomic mass is 19.1. The van der Waals surface area contributed by atoms with Gasteiger partial charge in [0.05, 0.1) is 13.3 Å². The molecule has 25 heavy (non-hydrogen) atoms. The summed E-state index contributed by atoms with van der Waals surface area (Å²) in [5, 5.41) is 3.96. The Morgan fingerprint density at radius 3 is 2.52 bits per heavy atom. The van der Waals surface area contributed by atoms with Crippen LogP contribution in [0.15, 0.2) is 72.0 Å². The minimum atomic E-state index is -0.362. The molecule has 1 amide bonds. The highest BCUT2D eigenvalue weighted by Gasteiger charge is 2.11. The van der Waals surface area contributed by atoms with Crippen LogP contribution in [0.1, 0.15) is 16.1 Å². The van der Waals surface area contributed by atoms with Gasteiger partial charge < -0.3 is 9.30 Å². The number of carbonyl (C=O) groups is 1. The molecule has 1 heterocycles. The lowest BCUT2D eigenvalue weighted by Crippen LogP contribution is -2.20. The van der Waals surface area contributed by atoms with Gasteiger partial charge in [-0.1, -0.05) is 0 Å². The van der Waals surface area contributed by atoms with Crippen LogP contribution in [0.5, 0.6) is 5.75 Å². The first kappa shape index (κ1) is 16.4. The van der Waals surface area contributed by atoms with Crippen molar-refractivity contribution in [1.29, 1.82) is 0 Å². The van der Waals surface area contributed by atoms with Gasteiger partial charge in [-0.3, -0.25) is 4.79 Å². The number of methoxy groups -OCH3 is 1. The number of nitrogens with zero attached hydrogens (tertiary/aromatic N) is 2. The highest BCUT2D eigenvalue weighted by Crippen LogP contribution is 2.13. The zero-order chi connectivity index (χ0) is 17.6. The molecular formula is C19H16FN3O2. The van der Waals surface area contributed by atoms with Crippen LogP contribution in [0.3, 0.4) is 0 Å². The van der Waals surface area contributed by atoms with E-state index in [1.165, 1.54) is 12.1 Å². The predicted molar refractivity (Wildman–Crippen MR) is 93.8 cm³/mol. The van der Waals surface area contributed by atoms with Crippen molar-refractivity contribution in [1.82, 2.24) is 9.99 Å². The summed E-state index contributed by atoms with van der Waals surface area (Å²) < 4.78 is 19.8. The van der Waals surface area contributed by atoms with E-state index in [1.54, 1.807) is 48.4 Å². The van der Waals surface area contributed by atoms with E-state index in [4.69, 9.17) is 4.74 Å². The summed E-state index contributed by atoms with van der Waals surface area (Å²) in [6.07, 6.45) is 3.28. The average Bonchev–Trinajstić information content (AvgIpc) is 3.13. The Labute approximate surface area is 144 Å². The third-order valence-corrected chi connectivity index (χ3v) is 3.58. The normalized spacial score (nSPS) is 10.8. The molecule has 3 aromatic rings. The number of nitrogens with one attached hydrogen (secondary N) is 1. The SMILES string of the molecule is COc1ccc(/C=N\NC(=O)c2cccn2-c2ccc(F)cc2)cc1.